The number of hydrogen-bond acceptors (Lipinski definition) is 3. The van der Waals surface area contributed by atoms with Crippen LogP contribution in [0.2, 0.25) is 0 Å². The van der Waals surface area contributed by atoms with Crippen LogP contribution in [0.1, 0.15) is 25.8 Å². The fourth-order valence-corrected chi connectivity index (χ4v) is 2.86. The molecule has 1 aliphatic heterocycles. The number of rotatable bonds is 2. The van der Waals surface area contributed by atoms with E-state index in [4.69, 9.17) is 5.26 Å². The summed E-state index contributed by atoms with van der Waals surface area (Å²) < 4.78 is 0. The van der Waals surface area contributed by atoms with Gasteiger partial charge < -0.3 is 15.1 Å². The van der Waals surface area contributed by atoms with Crippen molar-refractivity contribution in [1.82, 2.24) is 9.80 Å². The summed E-state index contributed by atoms with van der Waals surface area (Å²) in [5, 5.41) is 12.1. The number of carbonyl (C=O) groups is 1. The van der Waals surface area contributed by atoms with Crippen molar-refractivity contribution >= 4 is 17.6 Å². The van der Waals surface area contributed by atoms with Crippen molar-refractivity contribution in [1.29, 1.82) is 5.26 Å². The number of benzene rings is 1. The van der Waals surface area contributed by atoms with E-state index in [1.807, 2.05) is 56.4 Å². The Balaban J connectivity index is 2.54. The van der Waals surface area contributed by atoms with Crippen molar-refractivity contribution < 1.29 is 4.79 Å². The van der Waals surface area contributed by atoms with Gasteiger partial charge in [0.2, 0.25) is 18.1 Å². The van der Waals surface area contributed by atoms with E-state index < -0.39 is 0 Å². The van der Waals surface area contributed by atoms with Gasteiger partial charge in [-0.05, 0) is 17.5 Å². The Kier molecular flexibility index (Phi) is 5.22. The fraction of sp³-hybridized carbons (Fsp3) is 0.471. The van der Waals surface area contributed by atoms with Crippen LogP contribution in [0, 0.1) is 17.4 Å². The largest absolute Gasteiger partial charge is 0.348 e. The van der Waals surface area contributed by atoms with Crippen LogP contribution in [0.5, 0.6) is 0 Å². The molecule has 1 aliphatic rings. The number of guanidine groups is 1. The summed E-state index contributed by atoms with van der Waals surface area (Å²) in [6.07, 6.45) is 2.72. The van der Waals surface area contributed by atoms with E-state index in [0.717, 1.165) is 17.7 Å². The summed E-state index contributed by atoms with van der Waals surface area (Å²) in [5.41, 5.74) is 1.84. The molecule has 0 bridgehead atoms. The van der Waals surface area contributed by atoms with Crippen LogP contribution in [-0.2, 0) is 11.3 Å². The van der Waals surface area contributed by atoms with Gasteiger partial charge >= 0.3 is 0 Å². The Hall–Kier alpha value is -2.55. The number of anilines is 1. The molecule has 1 N–H and O–H groups in total. The van der Waals surface area contributed by atoms with Gasteiger partial charge in [-0.1, -0.05) is 38.5 Å². The van der Waals surface area contributed by atoms with Crippen LogP contribution in [-0.4, -0.2) is 41.8 Å². The maximum absolute atomic E-state index is 12.8. The summed E-state index contributed by atoms with van der Waals surface area (Å²) in [5.74, 6) is 0.578. The minimum atomic E-state index is -0.373. The molecule has 2 atom stereocenters. The molecular formula is C17H23N5O. The number of para-hydroxylation sites is 1. The SMILES string of the molecule is CC[C@H](C)[C@H]1C(=O)Nc2ccccc2CN1/C(=N/C#N)N(C)C. The topological polar surface area (TPSA) is 71.7 Å². The highest BCUT2D eigenvalue weighted by Crippen LogP contribution is 2.27. The van der Waals surface area contributed by atoms with E-state index in [2.05, 4.69) is 17.2 Å². The minimum absolute atomic E-state index is 0.0585. The van der Waals surface area contributed by atoms with Crippen LogP contribution in [0.25, 0.3) is 0 Å². The molecule has 122 valence electrons. The van der Waals surface area contributed by atoms with Crippen molar-refractivity contribution in [3.05, 3.63) is 29.8 Å². The average Bonchev–Trinajstić information content (AvgIpc) is 2.67. The minimum Gasteiger partial charge on any atom is -0.348 e. The predicted octanol–water partition coefficient (Wildman–Crippen LogP) is 2.25. The van der Waals surface area contributed by atoms with E-state index in [1.54, 1.807) is 4.90 Å². The molecule has 0 unspecified atom stereocenters. The summed E-state index contributed by atoms with van der Waals surface area (Å²) >= 11 is 0. The second-order valence-corrected chi connectivity index (χ2v) is 6.01. The van der Waals surface area contributed by atoms with E-state index >= 15 is 0 Å². The van der Waals surface area contributed by atoms with Crippen LogP contribution >= 0.6 is 0 Å². The maximum Gasteiger partial charge on any atom is 0.247 e. The highest BCUT2D eigenvalue weighted by Gasteiger charge is 2.36. The zero-order valence-corrected chi connectivity index (χ0v) is 14.1. The summed E-state index contributed by atoms with van der Waals surface area (Å²) in [6, 6.07) is 7.37. The van der Waals surface area contributed by atoms with Crippen LogP contribution in [0.15, 0.2) is 29.3 Å². The predicted molar refractivity (Wildman–Crippen MR) is 90.6 cm³/mol. The first-order valence-corrected chi connectivity index (χ1v) is 7.79. The van der Waals surface area contributed by atoms with Gasteiger partial charge in [-0.2, -0.15) is 5.26 Å². The highest BCUT2D eigenvalue weighted by molar-refractivity contribution is 5.99. The lowest BCUT2D eigenvalue weighted by Gasteiger charge is -2.36. The summed E-state index contributed by atoms with van der Waals surface area (Å²) in [6.45, 7) is 4.64. The first-order valence-electron chi connectivity index (χ1n) is 7.79. The molecule has 23 heavy (non-hydrogen) atoms. The van der Waals surface area contributed by atoms with Gasteiger partial charge in [0.05, 0.1) is 0 Å². The Bertz CT molecular complexity index is 647. The molecule has 1 heterocycles. The highest BCUT2D eigenvalue weighted by atomic mass is 16.2. The van der Waals surface area contributed by atoms with Crippen LogP contribution in [0.4, 0.5) is 5.69 Å². The third-order valence-electron chi connectivity index (χ3n) is 4.21. The van der Waals surface area contributed by atoms with Gasteiger partial charge in [0, 0.05) is 26.3 Å². The molecule has 0 fully saturated rings. The zero-order chi connectivity index (χ0) is 17.0. The number of nitrogens with one attached hydrogen (secondary N) is 1. The third-order valence-corrected chi connectivity index (χ3v) is 4.21. The summed E-state index contributed by atoms with van der Waals surface area (Å²) in [4.78, 5) is 20.5. The monoisotopic (exact) mass is 313 g/mol. The maximum atomic E-state index is 12.8. The van der Waals surface area contributed by atoms with Crippen molar-refractivity contribution in [2.45, 2.75) is 32.9 Å². The summed E-state index contributed by atoms with van der Waals surface area (Å²) in [7, 11) is 3.66. The normalized spacial score (nSPS) is 19.3. The van der Waals surface area contributed by atoms with Gasteiger partial charge in [0.15, 0.2) is 0 Å². The number of nitrogens with zero attached hydrogens (tertiary/aromatic N) is 4. The molecule has 6 nitrogen and oxygen atoms in total. The van der Waals surface area contributed by atoms with Crippen LogP contribution < -0.4 is 5.32 Å². The average molecular weight is 313 g/mol. The first-order chi connectivity index (χ1) is 11.0. The molecule has 6 heteroatoms. The standard InChI is InChI=1S/C17H23N5O/c1-5-12(2)15-16(23)20-14-9-7-6-8-13(14)10-22(15)17(19-11-18)21(3)4/h6-9,12,15H,5,10H2,1-4H3,(H,20,23)/b19-17+/t12-,15-/m0/s1. The third kappa shape index (κ3) is 3.45. The number of carbonyl (C=O) groups excluding carboxylic acids is 1. The molecule has 1 amide bonds. The number of hydrogen-bond donors (Lipinski definition) is 1. The second-order valence-electron chi connectivity index (χ2n) is 6.01. The quantitative estimate of drug-likeness (QED) is 0.516. The molecule has 0 aliphatic carbocycles. The Morgan fingerprint density at radius 1 is 1.52 bits per heavy atom. The molecule has 0 saturated heterocycles. The second kappa shape index (κ2) is 7.14. The van der Waals surface area contributed by atoms with E-state index in [9.17, 15) is 4.79 Å². The number of fused-ring (bicyclic) bond motifs is 1. The van der Waals surface area contributed by atoms with Gasteiger partial charge in [-0.15, -0.1) is 4.99 Å². The lowest BCUT2D eigenvalue weighted by molar-refractivity contribution is -0.121. The van der Waals surface area contributed by atoms with E-state index in [0.29, 0.717) is 12.5 Å². The van der Waals surface area contributed by atoms with Gasteiger partial charge in [0.25, 0.3) is 0 Å². The zero-order valence-electron chi connectivity index (χ0n) is 14.1. The fourth-order valence-electron chi connectivity index (χ4n) is 2.86. The molecule has 0 aromatic heterocycles. The molecule has 2 rings (SSSR count). The van der Waals surface area contributed by atoms with Crippen molar-refractivity contribution in [2.75, 3.05) is 19.4 Å². The van der Waals surface area contributed by atoms with Crippen molar-refractivity contribution in [3.8, 4) is 6.19 Å². The van der Waals surface area contributed by atoms with Crippen molar-refractivity contribution in [2.24, 2.45) is 10.9 Å². The van der Waals surface area contributed by atoms with Crippen molar-refractivity contribution in [3.63, 3.8) is 0 Å². The Morgan fingerprint density at radius 2 is 2.22 bits per heavy atom. The molecule has 0 spiro atoms. The Morgan fingerprint density at radius 3 is 2.83 bits per heavy atom. The Labute approximate surface area is 137 Å². The number of aliphatic imine (C=N–C) groups is 1. The van der Waals surface area contributed by atoms with E-state index in [1.165, 1.54) is 0 Å². The number of nitriles is 1. The molecule has 0 saturated carbocycles. The smallest absolute Gasteiger partial charge is 0.247 e. The van der Waals surface area contributed by atoms with Gasteiger partial charge in [-0.3, -0.25) is 4.79 Å². The van der Waals surface area contributed by atoms with Crippen LogP contribution in [0.3, 0.4) is 0 Å². The molecular weight excluding hydrogens is 290 g/mol. The van der Waals surface area contributed by atoms with Gasteiger partial charge in [0.1, 0.15) is 6.04 Å². The lowest BCUT2D eigenvalue weighted by Crippen LogP contribution is -2.52. The molecule has 0 radical (unpaired) electrons. The molecule has 1 aromatic carbocycles. The number of amides is 1. The molecule has 1 aromatic rings. The lowest BCUT2D eigenvalue weighted by atomic mass is 9.97. The first kappa shape index (κ1) is 16.8. The van der Waals surface area contributed by atoms with Gasteiger partial charge in [-0.25, -0.2) is 0 Å². The van der Waals surface area contributed by atoms with E-state index in [-0.39, 0.29) is 17.9 Å².